The van der Waals surface area contributed by atoms with Gasteiger partial charge in [-0.05, 0) is 55.9 Å². The smallest absolute Gasteiger partial charge is 0.268 e. The number of carbonyl (C=O) groups is 2. The third kappa shape index (κ3) is 3.78. The molecule has 2 aromatic rings. The molecule has 28 heavy (non-hydrogen) atoms. The Labute approximate surface area is 169 Å². The van der Waals surface area contributed by atoms with E-state index in [2.05, 4.69) is 11.4 Å². The van der Waals surface area contributed by atoms with Crippen molar-refractivity contribution in [1.82, 2.24) is 5.32 Å². The molecule has 0 radical (unpaired) electrons. The van der Waals surface area contributed by atoms with Crippen LogP contribution in [0, 0.1) is 0 Å². The van der Waals surface area contributed by atoms with Gasteiger partial charge in [-0.1, -0.05) is 25.5 Å². The summed E-state index contributed by atoms with van der Waals surface area (Å²) < 4.78 is 5.90. The number of aryl methyl sites for hydroxylation is 2. The highest BCUT2D eigenvalue weighted by Crippen LogP contribution is 2.36. The average molecular weight is 399 g/mol. The van der Waals surface area contributed by atoms with E-state index in [9.17, 15) is 9.59 Å². The summed E-state index contributed by atoms with van der Waals surface area (Å²) in [7, 11) is 0. The van der Waals surface area contributed by atoms with Crippen LogP contribution in [0.2, 0.25) is 0 Å². The lowest BCUT2D eigenvalue weighted by Gasteiger charge is -2.34. The zero-order chi connectivity index (χ0) is 19.5. The molecule has 2 aliphatic rings. The van der Waals surface area contributed by atoms with E-state index in [0.717, 1.165) is 29.8 Å². The van der Waals surface area contributed by atoms with Crippen LogP contribution in [0.1, 0.15) is 52.7 Å². The number of hydrogen-bond donors (Lipinski definition) is 1. The highest BCUT2D eigenvalue weighted by Gasteiger charge is 2.34. The summed E-state index contributed by atoms with van der Waals surface area (Å²) in [5.41, 5.74) is 2.06. The zero-order valence-corrected chi connectivity index (χ0v) is 17.0. The molecule has 1 N–H and O–H groups in total. The maximum Gasteiger partial charge on any atom is 0.268 e. The minimum absolute atomic E-state index is 0.0397. The van der Waals surface area contributed by atoms with Crippen molar-refractivity contribution in [3.63, 3.8) is 0 Å². The number of nitrogens with one attached hydrogen (secondary N) is 1. The van der Waals surface area contributed by atoms with Gasteiger partial charge in [0.25, 0.3) is 11.8 Å². The van der Waals surface area contributed by atoms with Gasteiger partial charge in [-0.2, -0.15) is 0 Å². The predicted octanol–water partition coefficient (Wildman–Crippen LogP) is 3.95. The number of carbonyl (C=O) groups excluding carboxylic acids is 2. The molecule has 0 bridgehead atoms. The van der Waals surface area contributed by atoms with Crippen molar-refractivity contribution in [3.05, 3.63) is 45.6 Å². The van der Waals surface area contributed by atoms with E-state index in [1.54, 1.807) is 16.2 Å². The molecule has 0 unspecified atom stereocenters. The normalized spacial score (nSPS) is 18.5. The fourth-order valence-corrected chi connectivity index (χ4v) is 5.03. The molecule has 4 rings (SSSR count). The Morgan fingerprint density at radius 3 is 2.89 bits per heavy atom. The summed E-state index contributed by atoms with van der Waals surface area (Å²) in [5.74, 6) is 0.370. The Morgan fingerprint density at radius 2 is 2.04 bits per heavy atom. The molecule has 2 heterocycles. The minimum Gasteiger partial charge on any atom is -0.477 e. The molecule has 1 atom stereocenters. The molecule has 0 fully saturated rings. The lowest BCUT2D eigenvalue weighted by atomic mass is 10.1. The quantitative estimate of drug-likeness (QED) is 0.794. The van der Waals surface area contributed by atoms with Gasteiger partial charge in [0.15, 0.2) is 6.10 Å². The fourth-order valence-electron chi connectivity index (χ4n) is 3.83. The first-order valence-electron chi connectivity index (χ1n) is 10.1. The lowest BCUT2D eigenvalue weighted by molar-refractivity contribution is -0.127. The number of amides is 2. The number of thiophene rings is 1. The summed E-state index contributed by atoms with van der Waals surface area (Å²) in [6, 6.07) is 9.52. The number of para-hydroxylation sites is 2. The van der Waals surface area contributed by atoms with Gasteiger partial charge in [-0.15, -0.1) is 11.3 Å². The van der Waals surface area contributed by atoms with Gasteiger partial charge in [0.05, 0.1) is 17.1 Å². The molecule has 1 aliphatic heterocycles. The maximum atomic E-state index is 13.4. The van der Waals surface area contributed by atoms with Crippen molar-refractivity contribution < 1.29 is 14.3 Å². The second kappa shape index (κ2) is 8.35. The molecule has 148 valence electrons. The Balaban J connectivity index is 1.61. The van der Waals surface area contributed by atoms with Gasteiger partial charge >= 0.3 is 0 Å². The van der Waals surface area contributed by atoms with Crippen molar-refractivity contribution >= 4 is 28.8 Å². The van der Waals surface area contributed by atoms with Gasteiger partial charge in [-0.25, -0.2) is 0 Å². The number of nitrogens with zero attached hydrogens (tertiary/aromatic N) is 1. The second-order valence-corrected chi connectivity index (χ2v) is 8.54. The Morgan fingerprint density at radius 1 is 1.21 bits per heavy atom. The summed E-state index contributed by atoms with van der Waals surface area (Å²) >= 11 is 1.62. The van der Waals surface area contributed by atoms with Gasteiger partial charge in [-0.3, -0.25) is 14.5 Å². The molecular weight excluding hydrogens is 372 g/mol. The second-order valence-electron chi connectivity index (χ2n) is 7.40. The standard InChI is InChI=1S/C22H26N2O3S/c1-2-12-23-21(25)18-14-24(16-9-6-7-10-17(16)27-18)22(26)20-13-15-8-4-3-5-11-19(15)28-20/h6-7,9-10,13,18H,2-5,8,11-12,14H2,1H3,(H,23,25)/t18-/m0/s1. The Kier molecular flexibility index (Phi) is 5.67. The molecule has 2 amide bonds. The molecule has 1 aromatic heterocycles. The highest BCUT2D eigenvalue weighted by molar-refractivity contribution is 7.14. The largest absolute Gasteiger partial charge is 0.477 e. The molecule has 0 saturated carbocycles. The summed E-state index contributed by atoms with van der Waals surface area (Å²) in [6.07, 6.45) is 5.94. The zero-order valence-electron chi connectivity index (χ0n) is 16.2. The predicted molar refractivity (Wildman–Crippen MR) is 111 cm³/mol. The van der Waals surface area contributed by atoms with Crippen LogP contribution < -0.4 is 15.0 Å². The van der Waals surface area contributed by atoms with E-state index < -0.39 is 6.10 Å². The van der Waals surface area contributed by atoms with Crippen LogP contribution in [-0.4, -0.2) is 31.0 Å². The van der Waals surface area contributed by atoms with Crippen LogP contribution in [-0.2, 0) is 17.6 Å². The van der Waals surface area contributed by atoms with Crippen molar-refractivity contribution in [3.8, 4) is 5.75 Å². The van der Waals surface area contributed by atoms with Crippen molar-refractivity contribution in [2.45, 2.75) is 51.6 Å². The summed E-state index contributed by atoms with van der Waals surface area (Å²) in [6.45, 7) is 2.84. The average Bonchev–Trinajstić information content (AvgIpc) is 3.01. The van der Waals surface area contributed by atoms with Gasteiger partial charge < -0.3 is 10.1 Å². The number of rotatable bonds is 4. The summed E-state index contributed by atoms with van der Waals surface area (Å²) in [4.78, 5) is 29.7. The molecule has 5 nitrogen and oxygen atoms in total. The van der Waals surface area contributed by atoms with E-state index in [0.29, 0.717) is 12.3 Å². The summed E-state index contributed by atoms with van der Waals surface area (Å²) in [5, 5.41) is 2.88. The molecule has 0 saturated heterocycles. The van der Waals surface area contributed by atoms with Crippen molar-refractivity contribution in [2.24, 2.45) is 0 Å². The van der Waals surface area contributed by atoms with Crippen LogP contribution in [0.3, 0.4) is 0 Å². The highest BCUT2D eigenvalue weighted by atomic mass is 32.1. The number of ether oxygens (including phenoxy) is 1. The van der Waals surface area contributed by atoms with Crippen LogP contribution >= 0.6 is 11.3 Å². The number of benzene rings is 1. The minimum atomic E-state index is -0.691. The lowest BCUT2D eigenvalue weighted by Crippen LogP contribution is -2.50. The molecule has 0 spiro atoms. The molecule has 1 aromatic carbocycles. The van der Waals surface area contributed by atoms with Crippen LogP contribution in [0.5, 0.6) is 5.75 Å². The van der Waals surface area contributed by atoms with Gasteiger partial charge in [0, 0.05) is 11.4 Å². The van der Waals surface area contributed by atoms with Crippen LogP contribution in [0.25, 0.3) is 0 Å². The van der Waals surface area contributed by atoms with Gasteiger partial charge in [0.1, 0.15) is 5.75 Å². The molecule has 1 aliphatic carbocycles. The maximum absolute atomic E-state index is 13.4. The van der Waals surface area contributed by atoms with E-state index >= 15 is 0 Å². The van der Waals surface area contributed by atoms with Crippen LogP contribution in [0.15, 0.2) is 30.3 Å². The Bertz CT molecular complexity index is 853. The van der Waals surface area contributed by atoms with E-state index in [1.165, 1.54) is 29.7 Å². The van der Waals surface area contributed by atoms with E-state index in [4.69, 9.17) is 4.74 Å². The first kappa shape index (κ1) is 19.0. The third-order valence-electron chi connectivity index (χ3n) is 5.32. The monoisotopic (exact) mass is 398 g/mol. The number of hydrogen-bond acceptors (Lipinski definition) is 4. The van der Waals surface area contributed by atoms with Crippen molar-refractivity contribution in [1.29, 1.82) is 0 Å². The first-order valence-corrected chi connectivity index (χ1v) is 11.0. The van der Waals surface area contributed by atoms with Crippen LogP contribution in [0.4, 0.5) is 5.69 Å². The van der Waals surface area contributed by atoms with E-state index in [1.807, 2.05) is 31.2 Å². The topological polar surface area (TPSA) is 58.6 Å². The fraction of sp³-hybridized carbons (Fsp3) is 0.455. The first-order chi connectivity index (χ1) is 13.7. The van der Waals surface area contributed by atoms with Gasteiger partial charge in [0.2, 0.25) is 0 Å². The Hall–Kier alpha value is -2.34. The third-order valence-corrected chi connectivity index (χ3v) is 6.54. The number of fused-ring (bicyclic) bond motifs is 2. The van der Waals surface area contributed by atoms with Crippen molar-refractivity contribution in [2.75, 3.05) is 18.0 Å². The SMILES string of the molecule is CCCNC(=O)[C@@H]1CN(C(=O)c2cc3c(s2)CCCCC3)c2ccccc2O1. The molecule has 6 heteroatoms. The number of anilines is 1. The molecular formula is C22H26N2O3S. The van der Waals surface area contributed by atoms with E-state index in [-0.39, 0.29) is 18.4 Å².